The van der Waals surface area contributed by atoms with Gasteiger partial charge in [0.2, 0.25) is 5.91 Å². The van der Waals surface area contributed by atoms with Gasteiger partial charge in [0.15, 0.2) is 0 Å². The van der Waals surface area contributed by atoms with Gasteiger partial charge in [-0.3, -0.25) is 4.79 Å². The van der Waals surface area contributed by atoms with E-state index < -0.39 is 0 Å². The number of rotatable bonds is 5. The largest absolute Gasteiger partial charge is 0.351 e. The molecule has 0 fully saturated rings. The van der Waals surface area contributed by atoms with Crippen molar-refractivity contribution in [1.82, 2.24) is 9.88 Å². The van der Waals surface area contributed by atoms with Crippen LogP contribution < -0.4 is 11.1 Å². The van der Waals surface area contributed by atoms with E-state index in [0.717, 1.165) is 12.1 Å². The second kappa shape index (κ2) is 5.56. The Morgan fingerprint density at radius 3 is 2.80 bits per heavy atom. The van der Waals surface area contributed by atoms with Gasteiger partial charge in [-0.05, 0) is 32.0 Å². The molecule has 1 heterocycles. The van der Waals surface area contributed by atoms with Crippen molar-refractivity contribution in [3.8, 4) is 0 Å². The van der Waals surface area contributed by atoms with Crippen molar-refractivity contribution in [1.29, 1.82) is 0 Å². The second-order valence-electron chi connectivity index (χ2n) is 3.69. The molecule has 1 rings (SSSR count). The molecule has 0 atom stereocenters. The van der Waals surface area contributed by atoms with Crippen molar-refractivity contribution in [3.63, 3.8) is 0 Å². The third-order valence-corrected chi connectivity index (χ3v) is 2.55. The highest BCUT2D eigenvalue weighted by Crippen LogP contribution is 2.05. The minimum absolute atomic E-state index is 0.0688. The molecule has 15 heavy (non-hydrogen) atoms. The second-order valence-corrected chi connectivity index (χ2v) is 3.69. The fourth-order valence-corrected chi connectivity index (χ4v) is 1.38. The first-order chi connectivity index (χ1) is 7.15. The first-order valence-electron chi connectivity index (χ1n) is 5.23. The van der Waals surface area contributed by atoms with E-state index in [1.54, 1.807) is 0 Å². The number of aryl methyl sites for hydroxylation is 1. The Kier molecular flexibility index (Phi) is 4.37. The van der Waals surface area contributed by atoms with Crippen LogP contribution in [0.5, 0.6) is 0 Å². The minimum Gasteiger partial charge on any atom is -0.351 e. The van der Waals surface area contributed by atoms with Crippen molar-refractivity contribution in [2.75, 3.05) is 6.54 Å². The quantitative estimate of drug-likeness (QED) is 0.749. The molecule has 0 aliphatic carbocycles. The van der Waals surface area contributed by atoms with Crippen LogP contribution in [0.15, 0.2) is 12.1 Å². The van der Waals surface area contributed by atoms with Crippen molar-refractivity contribution < 1.29 is 4.79 Å². The normalized spacial score (nSPS) is 10.3. The predicted octanol–water partition coefficient (Wildman–Crippen LogP) is 0.689. The molecule has 0 saturated heterocycles. The first-order valence-corrected chi connectivity index (χ1v) is 5.23. The van der Waals surface area contributed by atoms with E-state index in [0.29, 0.717) is 19.5 Å². The van der Waals surface area contributed by atoms with Crippen LogP contribution in [-0.4, -0.2) is 17.0 Å². The summed E-state index contributed by atoms with van der Waals surface area (Å²) < 4.78 is 2.07. The summed E-state index contributed by atoms with van der Waals surface area (Å²) in [5.41, 5.74) is 7.64. The topological polar surface area (TPSA) is 60.1 Å². The molecule has 1 aromatic rings. The van der Waals surface area contributed by atoms with Crippen molar-refractivity contribution in [2.24, 2.45) is 12.8 Å². The first kappa shape index (κ1) is 11.8. The lowest BCUT2D eigenvalue weighted by atomic mass is 10.3. The number of nitrogens with zero attached hydrogens (tertiary/aromatic N) is 1. The van der Waals surface area contributed by atoms with E-state index in [2.05, 4.69) is 9.88 Å². The number of hydrogen-bond donors (Lipinski definition) is 2. The van der Waals surface area contributed by atoms with Crippen molar-refractivity contribution >= 4 is 5.91 Å². The van der Waals surface area contributed by atoms with Crippen molar-refractivity contribution in [2.45, 2.75) is 26.3 Å². The molecule has 3 N–H and O–H groups in total. The summed E-state index contributed by atoms with van der Waals surface area (Å²) in [4.78, 5) is 11.3. The molecule has 1 amide bonds. The zero-order valence-corrected chi connectivity index (χ0v) is 9.42. The molecule has 0 saturated carbocycles. The number of hydrogen-bond acceptors (Lipinski definition) is 2. The van der Waals surface area contributed by atoms with E-state index in [9.17, 15) is 4.79 Å². The Bertz CT molecular complexity index is 331. The lowest BCUT2D eigenvalue weighted by Gasteiger charge is -2.07. The van der Waals surface area contributed by atoms with Crippen molar-refractivity contribution in [3.05, 3.63) is 23.5 Å². The number of aromatic nitrogens is 1. The molecule has 4 heteroatoms. The van der Waals surface area contributed by atoms with Gasteiger partial charge in [0.05, 0.1) is 6.54 Å². The Morgan fingerprint density at radius 2 is 2.27 bits per heavy atom. The van der Waals surface area contributed by atoms with Gasteiger partial charge >= 0.3 is 0 Å². The van der Waals surface area contributed by atoms with E-state index in [1.165, 1.54) is 5.69 Å². The van der Waals surface area contributed by atoms with Crippen LogP contribution >= 0.6 is 0 Å². The predicted molar refractivity (Wildman–Crippen MR) is 60.3 cm³/mol. The summed E-state index contributed by atoms with van der Waals surface area (Å²) >= 11 is 0. The zero-order chi connectivity index (χ0) is 11.3. The van der Waals surface area contributed by atoms with E-state index in [4.69, 9.17) is 5.73 Å². The van der Waals surface area contributed by atoms with Crippen LogP contribution in [0.1, 0.15) is 24.2 Å². The highest BCUT2D eigenvalue weighted by molar-refractivity contribution is 5.75. The standard InChI is InChI=1S/C11H19N3O/c1-9-5-6-10(14(9)2)8-13-11(15)4-3-7-12/h5-6H,3-4,7-8,12H2,1-2H3,(H,13,15). The van der Waals surface area contributed by atoms with Crippen LogP contribution in [0.3, 0.4) is 0 Å². The molecule has 0 aliphatic heterocycles. The summed E-state index contributed by atoms with van der Waals surface area (Å²) in [7, 11) is 2.00. The molecular weight excluding hydrogens is 190 g/mol. The molecule has 0 unspecified atom stereocenters. The third kappa shape index (κ3) is 3.40. The van der Waals surface area contributed by atoms with Gasteiger partial charge in [-0.1, -0.05) is 0 Å². The zero-order valence-electron chi connectivity index (χ0n) is 9.42. The summed E-state index contributed by atoms with van der Waals surface area (Å²) in [6, 6.07) is 4.07. The van der Waals surface area contributed by atoms with Gasteiger partial charge in [-0.15, -0.1) is 0 Å². The summed E-state index contributed by atoms with van der Waals surface area (Å²) in [5.74, 6) is 0.0688. The highest BCUT2D eigenvalue weighted by Gasteiger charge is 2.03. The lowest BCUT2D eigenvalue weighted by Crippen LogP contribution is -2.24. The van der Waals surface area contributed by atoms with E-state index in [-0.39, 0.29) is 5.91 Å². The van der Waals surface area contributed by atoms with E-state index in [1.807, 2.05) is 26.1 Å². The molecule has 0 radical (unpaired) electrons. The maximum atomic E-state index is 11.3. The minimum atomic E-state index is 0.0688. The van der Waals surface area contributed by atoms with Crippen LogP contribution in [0.25, 0.3) is 0 Å². The Hall–Kier alpha value is -1.29. The number of carbonyl (C=O) groups excluding carboxylic acids is 1. The van der Waals surface area contributed by atoms with Crippen LogP contribution in [0, 0.1) is 6.92 Å². The number of nitrogens with one attached hydrogen (secondary N) is 1. The summed E-state index contributed by atoms with van der Waals surface area (Å²) in [6.07, 6.45) is 1.26. The SMILES string of the molecule is Cc1ccc(CNC(=O)CCCN)n1C. The number of amides is 1. The maximum Gasteiger partial charge on any atom is 0.220 e. The molecule has 1 aromatic heterocycles. The van der Waals surface area contributed by atoms with Gasteiger partial charge < -0.3 is 15.6 Å². The fourth-order valence-electron chi connectivity index (χ4n) is 1.38. The van der Waals surface area contributed by atoms with E-state index >= 15 is 0 Å². The molecule has 0 aliphatic rings. The van der Waals surface area contributed by atoms with Crippen LogP contribution in [0.2, 0.25) is 0 Å². The van der Waals surface area contributed by atoms with Gasteiger partial charge in [0.1, 0.15) is 0 Å². The lowest BCUT2D eigenvalue weighted by molar-refractivity contribution is -0.121. The van der Waals surface area contributed by atoms with Gasteiger partial charge in [-0.2, -0.15) is 0 Å². The van der Waals surface area contributed by atoms with Gasteiger partial charge in [0, 0.05) is 24.9 Å². The monoisotopic (exact) mass is 209 g/mol. The number of carbonyl (C=O) groups is 1. The molecule has 84 valence electrons. The molecule has 0 bridgehead atoms. The van der Waals surface area contributed by atoms with Crippen LogP contribution in [-0.2, 0) is 18.4 Å². The maximum absolute atomic E-state index is 11.3. The molecule has 4 nitrogen and oxygen atoms in total. The fraction of sp³-hybridized carbons (Fsp3) is 0.545. The Labute approximate surface area is 90.5 Å². The Balaban J connectivity index is 2.37. The summed E-state index contributed by atoms with van der Waals surface area (Å²) in [5, 5.41) is 2.87. The highest BCUT2D eigenvalue weighted by atomic mass is 16.1. The average molecular weight is 209 g/mol. The van der Waals surface area contributed by atoms with Gasteiger partial charge in [-0.25, -0.2) is 0 Å². The Morgan fingerprint density at radius 1 is 1.53 bits per heavy atom. The average Bonchev–Trinajstić information content (AvgIpc) is 2.54. The molecular formula is C11H19N3O. The van der Waals surface area contributed by atoms with Crippen LogP contribution in [0.4, 0.5) is 0 Å². The number of nitrogens with two attached hydrogens (primary N) is 1. The molecule has 0 spiro atoms. The molecule has 0 aromatic carbocycles. The summed E-state index contributed by atoms with van der Waals surface area (Å²) in [6.45, 7) is 3.20. The third-order valence-electron chi connectivity index (χ3n) is 2.55. The van der Waals surface area contributed by atoms with Gasteiger partial charge in [0.25, 0.3) is 0 Å². The smallest absolute Gasteiger partial charge is 0.220 e.